The van der Waals surface area contributed by atoms with Crippen LogP contribution in [0.5, 0.6) is 0 Å². The molecule has 0 spiro atoms. The highest BCUT2D eigenvalue weighted by Crippen LogP contribution is 2.22. The van der Waals surface area contributed by atoms with E-state index in [0.29, 0.717) is 24.0 Å². The third-order valence-electron chi connectivity index (χ3n) is 4.68. The van der Waals surface area contributed by atoms with E-state index in [1.54, 1.807) is 17.1 Å². The molecule has 1 amide bonds. The van der Waals surface area contributed by atoms with E-state index >= 15 is 0 Å². The molecule has 0 saturated carbocycles. The van der Waals surface area contributed by atoms with Crippen molar-refractivity contribution in [2.24, 2.45) is 0 Å². The number of rotatable bonds is 5. The minimum absolute atomic E-state index is 0.133. The zero-order valence-electron chi connectivity index (χ0n) is 14.2. The largest absolute Gasteiger partial charge is 0.344 e. The van der Waals surface area contributed by atoms with Crippen molar-refractivity contribution in [2.75, 3.05) is 20.6 Å². The maximum Gasteiger partial charge on any atom is 0.224 e. The number of fused-ring (bicyclic) bond motifs is 1. The van der Waals surface area contributed by atoms with E-state index in [1.165, 1.54) is 11.1 Å². The summed E-state index contributed by atoms with van der Waals surface area (Å²) in [5.41, 5.74) is 2.79. The van der Waals surface area contributed by atoms with Gasteiger partial charge in [0.25, 0.3) is 0 Å². The van der Waals surface area contributed by atoms with Crippen LogP contribution in [-0.2, 0) is 24.3 Å². The van der Waals surface area contributed by atoms with Gasteiger partial charge in [-0.05, 0) is 24.6 Å². The number of nitrogens with zero attached hydrogens (tertiary/aromatic N) is 4. The van der Waals surface area contributed by atoms with Crippen molar-refractivity contribution < 1.29 is 4.79 Å². The molecular weight excluding hydrogens is 324 g/mol. The lowest BCUT2D eigenvalue weighted by Gasteiger charge is -2.36. The average Bonchev–Trinajstić information content (AvgIpc) is 2.98. The van der Waals surface area contributed by atoms with Gasteiger partial charge in [0.05, 0.1) is 11.2 Å². The molecule has 1 atom stereocenters. The number of hydrogen-bond donors (Lipinski definition) is 0. The summed E-state index contributed by atoms with van der Waals surface area (Å²) in [5, 5.41) is 4.70. The molecule has 1 aliphatic rings. The highest BCUT2D eigenvalue weighted by atomic mass is 35.5. The number of halogens is 1. The van der Waals surface area contributed by atoms with Gasteiger partial charge in [-0.3, -0.25) is 14.4 Å². The van der Waals surface area contributed by atoms with Crippen LogP contribution in [0.1, 0.15) is 17.5 Å². The number of carbonyl (C=O) groups excluding carboxylic acids is 1. The van der Waals surface area contributed by atoms with Gasteiger partial charge in [-0.15, -0.1) is 0 Å². The van der Waals surface area contributed by atoms with E-state index < -0.39 is 0 Å². The predicted molar refractivity (Wildman–Crippen MR) is 94.9 cm³/mol. The number of aromatic nitrogens is 2. The van der Waals surface area contributed by atoms with Gasteiger partial charge in [0.15, 0.2) is 0 Å². The lowest BCUT2D eigenvalue weighted by atomic mass is 9.94. The number of carbonyl (C=O) groups is 1. The van der Waals surface area contributed by atoms with E-state index in [9.17, 15) is 4.79 Å². The molecule has 0 bridgehead atoms. The van der Waals surface area contributed by atoms with Crippen LogP contribution in [0.15, 0.2) is 36.7 Å². The van der Waals surface area contributed by atoms with Gasteiger partial charge in [0.1, 0.15) is 0 Å². The van der Waals surface area contributed by atoms with Crippen LogP contribution in [-0.4, -0.2) is 52.2 Å². The molecule has 0 fully saturated rings. The Bertz CT molecular complexity index is 715. The van der Waals surface area contributed by atoms with Crippen LogP contribution in [0.4, 0.5) is 0 Å². The Morgan fingerprint density at radius 2 is 2.12 bits per heavy atom. The highest BCUT2D eigenvalue weighted by molar-refractivity contribution is 6.30. The third-order valence-corrected chi connectivity index (χ3v) is 4.88. The van der Waals surface area contributed by atoms with Crippen LogP contribution < -0.4 is 0 Å². The lowest BCUT2D eigenvalue weighted by molar-refractivity contribution is -0.131. The number of hydrogen-bond acceptors (Lipinski definition) is 3. The van der Waals surface area contributed by atoms with Gasteiger partial charge in [-0.1, -0.05) is 35.9 Å². The first kappa shape index (κ1) is 17.0. The summed E-state index contributed by atoms with van der Waals surface area (Å²) in [4.78, 5) is 16.5. The Balaban J connectivity index is 1.54. The van der Waals surface area contributed by atoms with Crippen molar-refractivity contribution in [1.29, 1.82) is 0 Å². The summed E-state index contributed by atoms with van der Waals surface area (Å²) in [6.07, 6.45) is 4.74. The monoisotopic (exact) mass is 346 g/mol. The molecule has 24 heavy (non-hydrogen) atoms. The van der Waals surface area contributed by atoms with Gasteiger partial charge in [-0.2, -0.15) is 5.10 Å². The van der Waals surface area contributed by atoms with Crippen molar-refractivity contribution in [3.05, 3.63) is 52.8 Å². The molecule has 3 rings (SSSR count). The van der Waals surface area contributed by atoms with Crippen LogP contribution in [0.3, 0.4) is 0 Å². The zero-order chi connectivity index (χ0) is 17.1. The molecule has 2 heterocycles. The van der Waals surface area contributed by atoms with E-state index in [2.05, 4.69) is 41.3 Å². The normalized spacial score (nSPS) is 17.5. The Hall–Kier alpha value is -1.85. The molecule has 1 aromatic heterocycles. The predicted octanol–water partition coefficient (Wildman–Crippen LogP) is 2.44. The number of benzene rings is 1. The maximum absolute atomic E-state index is 12.4. The SMILES string of the molecule is CN(CC1Cc2ccccc2CN1C)C(=O)CCn1cc(Cl)cn1. The Morgan fingerprint density at radius 1 is 1.38 bits per heavy atom. The summed E-state index contributed by atoms with van der Waals surface area (Å²) >= 11 is 5.84. The molecule has 2 aromatic rings. The van der Waals surface area contributed by atoms with E-state index in [-0.39, 0.29) is 5.91 Å². The summed E-state index contributed by atoms with van der Waals surface area (Å²) in [5.74, 6) is 0.133. The van der Waals surface area contributed by atoms with Gasteiger partial charge < -0.3 is 4.90 Å². The Labute approximate surface area is 147 Å². The molecule has 6 heteroatoms. The fourth-order valence-electron chi connectivity index (χ4n) is 3.20. The first-order valence-corrected chi connectivity index (χ1v) is 8.59. The average molecular weight is 347 g/mol. The highest BCUT2D eigenvalue weighted by Gasteiger charge is 2.25. The fourth-order valence-corrected chi connectivity index (χ4v) is 3.36. The van der Waals surface area contributed by atoms with Gasteiger partial charge in [0.2, 0.25) is 5.91 Å². The summed E-state index contributed by atoms with van der Waals surface area (Å²) in [6.45, 7) is 2.23. The van der Waals surface area contributed by atoms with Gasteiger partial charge >= 0.3 is 0 Å². The molecule has 1 aromatic carbocycles. The standard InChI is InChI=1S/C18H23ClN4O/c1-21-11-15-6-4-3-5-14(15)9-17(21)13-22(2)18(24)7-8-23-12-16(19)10-20-23/h3-6,10,12,17H,7-9,11,13H2,1-2H3. The van der Waals surface area contributed by atoms with Crippen LogP contribution in [0, 0.1) is 0 Å². The minimum atomic E-state index is 0.133. The second-order valence-corrected chi connectivity index (χ2v) is 6.92. The van der Waals surface area contributed by atoms with Crippen LogP contribution >= 0.6 is 11.6 Å². The summed E-state index contributed by atoms with van der Waals surface area (Å²) in [6, 6.07) is 8.91. The number of amides is 1. The molecule has 0 aliphatic carbocycles. The Morgan fingerprint density at radius 3 is 2.83 bits per heavy atom. The third kappa shape index (κ3) is 3.97. The molecule has 0 saturated heterocycles. The quantitative estimate of drug-likeness (QED) is 0.835. The molecule has 1 aliphatic heterocycles. The molecule has 5 nitrogen and oxygen atoms in total. The van der Waals surface area contributed by atoms with Crippen molar-refractivity contribution in [3.63, 3.8) is 0 Å². The Kier molecular flexibility index (Phi) is 5.21. The van der Waals surface area contributed by atoms with Crippen molar-refractivity contribution in [2.45, 2.75) is 32.0 Å². The first-order chi connectivity index (χ1) is 11.5. The second-order valence-electron chi connectivity index (χ2n) is 6.49. The number of aryl methyl sites for hydroxylation is 1. The lowest BCUT2D eigenvalue weighted by Crippen LogP contribution is -2.46. The fraction of sp³-hybridized carbons (Fsp3) is 0.444. The first-order valence-electron chi connectivity index (χ1n) is 8.22. The number of likely N-dealkylation sites (N-methyl/N-ethyl adjacent to an activating group) is 2. The molecule has 1 unspecified atom stereocenters. The van der Waals surface area contributed by atoms with Crippen molar-refractivity contribution >= 4 is 17.5 Å². The van der Waals surface area contributed by atoms with Crippen molar-refractivity contribution in [1.82, 2.24) is 19.6 Å². The van der Waals surface area contributed by atoms with E-state index in [4.69, 9.17) is 11.6 Å². The summed E-state index contributed by atoms with van der Waals surface area (Å²) < 4.78 is 1.71. The maximum atomic E-state index is 12.4. The molecule has 0 N–H and O–H groups in total. The summed E-state index contributed by atoms with van der Waals surface area (Å²) in [7, 11) is 4.01. The molecule has 128 valence electrons. The minimum Gasteiger partial charge on any atom is -0.344 e. The topological polar surface area (TPSA) is 41.4 Å². The van der Waals surface area contributed by atoms with Crippen LogP contribution in [0.25, 0.3) is 0 Å². The molecule has 0 radical (unpaired) electrons. The van der Waals surface area contributed by atoms with Gasteiger partial charge in [-0.25, -0.2) is 0 Å². The van der Waals surface area contributed by atoms with Crippen molar-refractivity contribution in [3.8, 4) is 0 Å². The molecular formula is C18H23ClN4O. The van der Waals surface area contributed by atoms with E-state index in [0.717, 1.165) is 19.5 Å². The second kappa shape index (κ2) is 7.36. The van der Waals surface area contributed by atoms with Gasteiger partial charge in [0, 0.05) is 45.3 Å². The van der Waals surface area contributed by atoms with E-state index in [1.807, 2.05) is 11.9 Å². The zero-order valence-corrected chi connectivity index (χ0v) is 14.9. The van der Waals surface area contributed by atoms with Crippen LogP contribution in [0.2, 0.25) is 5.02 Å². The smallest absolute Gasteiger partial charge is 0.224 e.